The van der Waals surface area contributed by atoms with Gasteiger partial charge in [-0.2, -0.15) is 0 Å². The van der Waals surface area contributed by atoms with Crippen molar-refractivity contribution in [2.45, 2.75) is 26.7 Å². The molecule has 0 aliphatic heterocycles. The molecule has 0 spiro atoms. The van der Waals surface area contributed by atoms with E-state index in [1.165, 1.54) is 0 Å². The van der Waals surface area contributed by atoms with Crippen LogP contribution in [0.4, 0.5) is 0 Å². The Morgan fingerprint density at radius 3 is 2.06 bits per heavy atom. The van der Waals surface area contributed by atoms with Crippen LogP contribution in [0.5, 0.6) is 11.5 Å². The average molecular weight is 237 g/mol. The van der Waals surface area contributed by atoms with Gasteiger partial charge in [0.25, 0.3) is 0 Å². The number of rotatable bonds is 9. The monoisotopic (exact) mass is 237 g/mol. The fraction of sp³-hybridized carbons (Fsp3) is 0.571. The molecule has 3 nitrogen and oxygen atoms in total. The minimum absolute atomic E-state index is 0.698. The Balaban J connectivity index is 2.24. The van der Waals surface area contributed by atoms with Crippen LogP contribution in [-0.2, 0) is 0 Å². The second-order valence-electron chi connectivity index (χ2n) is 3.88. The van der Waals surface area contributed by atoms with E-state index in [1.807, 2.05) is 24.3 Å². The molecule has 1 aromatic carbocycles. The van der Waals surface area contributed by atoms with Gasteiger partial charge in [0.1, 0.15) is 18.1 Å². The first-order valence-electron chi connectivity index (χ1n) is 6.43. The van der Waals surface area contributed by atoms with E-state index in [9.17, 15) is 0 Å². The quantitative estimate of drug-likeness (QED) is 0.670. The van der Waals surface area contributed by atoms with Gasteiger partial charge in [-0.3, -0.25) is 0 Å². The predicted molar refractivity (Wildman–Crippen MR) is 70.9 cm³/mol. The van der Waals surface area contributed by atoms with Crippen molar-refractivity contribution in [1.82, 2.24) is 5.32 Å². The molecule has 0 saturated heterocycles. The van der Waals surface area contributed by atoms with E-state index < -0.39 is 0 Å². The van der Waals surface area contributed by atoms with Gasteiger partial charge >= 0.3 is 0 Å². The third-order valence-electron chi connectivity index (χ3n) is 2.39. The van der Waals surface area contributed by atoms with Crippen LogP contribution < -0.4 is 14.8 Å². The van der Waals surface area contributed by atoms with Crippen molar-refractivity contribution in [1.29, 1.82) is 0 Å². The van der Waals surface area contributed by atoms with Crippen molar-refractivity contribution >= 4 is 0 Å². The van der Waals surface area contributed by atoms with E-state index in [0.717, 1.165) is 44.0 Å². The van der Waals surface area contributed by atoms with Gasteiger partial charge in [-0.05, 0) is 37.2 Å². The molecule has 96 valence electrons. The number of unbranched alkanes of at least 4 members (excludes halogenated alkanes) is 1. The Kier molecular flexibility index (Phi) is 7.23. The van der Waals surface area contributed by atoms with Gasteiger partial charge in [-0.15, -0.1) is 0 Å². The van der Waals surface area contributed by atoms with Crippen molar-refractivity contribution < 1.29 is 9.47 Å². The molecule has 0 fully saturated rings. The maximum absolute atomic E-state index is 5.58. The summed E-state index contributed by atoms with van der Waals surface area (Å²) in [5.41, 5.74) is 0. The zero-order valence-corrected chi connectivity index (χ0v) is 10.9. The molecule has 0 amide bonds. The van der Waals surface area contributed by atoms with Crippen LogP contribution in [0.1, 0.15) is 26.7 Å². The summed E-state index contributed by atoms with van der Waals surface area (Å²) < 4.78 is 11.1. The van der Waals surface area contributed by atoms with E-state index in [1.54, 1.807) is 0 Å². The number of hydrogen-bond donors (Lipinski definition) is 1. The highest BCUT2D eigenvalue weighted by molar-refractivity contribution is 5.31. The minimum Gasteiger partial charge on any atom is -0.494 e. The van der Waals surface area contributed by atoms with Crippen molar-refractivity contribution in [3.63, 3.8) is 0 Å². The van der Waals surface area contributed by atoms with Crippen LogP contribution in [0.3, 0.4) is 0 Å². The third-order valence-corrected chi connectivity index (χ3v) is 2.39. The lowest BCUT2D eigenvalue weighted by atomic mass is 10.3. The Morgan fingerprint density at radius 2 is 1.53 bits per heavy atom. The zero-order chi connectivity index (χ0) is 12.3. The molecular weight excluding hydrogens is 214 g/mol. The van der Waals surface area contributed by atoms with Crippen molar-refractivity contribution in [3.8, 4) is 11.5 Å². The average Bonchev–Trinajstić information content (AvgIpc) is 2.37. The fourth-order valence-corrected chi connectivity index (χ4v) is 1.38. The van der Waals surface area contributed by atoms with Gasteiger partial charge in [0.15, 0.2) is 0 Å². The van der Waals surface area contributed by atoms with Crippen LogP contribution >= 0.6 is 0 Å². The summed E-state index contributed by atoms with van der Waals surface area (Å²) in [5, 5.41) is 3.21. The fourth-order valence-electron chi connectivity index (χ4n) is 1.38. The summed E-state index contributed by atoms with van der Waals surface area (Å²) >= 11 is 0. The highest BCUT2D eigenvalue weighted by Crippen LogP contribution is 2.17. The highest BCUT2D eigenvalue weighted by atomic mass is 16.5. The molecule has 0 bridgehead atoms. The van der Waals surface area contributed by atoms with Crippen LogP contribution in [0, 0.1) is 0 Å². The molecular formula is C14H23NO2. The third kappa shape index (κ3) is 6.17. The number of likely N-dealkylation sites (N-methyl/N-ethyl adjacent to an activating group) is 1. The van der Waals surface area contributed by atoms with Gasteiger partial charge in [0.05, 0.1) is 6.61 Å². The Bertz CT molecular complexity index is 285. The molecule has 17 heavy (non-hydrogen) atoms. The summed E-state index contributed by atoms with van der Waals surface area (Å²) in [7, 11) is 0. The standard InChI is InChI=1S/C14H23NO2/c1-3-5-11-16-13-6-8-14(9-7-13)17-12-10-15-4-2/h6-9,15H,3-5,10-12H2,1-2H3. The molecule has 0 saturated carbocycles. The van der Waals surface area contributed by atoms with E-state index in [2.05, 4.69) is 19.2 Å². The van der Waals surface area contributed by atoms with E-state index in [0.29, 0.717) is 6.61 Å². The SMILES string of the molecule is CCCCOc1ccc(OCCNCC)cc1. The van der Waals surface area contributed by atoms with Gasteiger partial charge in [-0.25, -0.2) is 0 Å². The summed E-state index contributed by atoms with van der Waals surface area (Å²) in [6.07, 6.45) is 2.26. The zero-order valence-electron chi connectivity index (χ0n) is 10.9. The first kappa shape index (κ1) is 13.8. The molecule has 0 aromatic heterocycles. The van der Waals surface area contributed by atoms with Crippen molar-refractivity contribution in [2.24, 2.45) is 0 Å². The lowest BCUT2D eigenvalue weighted by Crippen LogP contribution is -2.20. The molecule has 1 rings (SSSR count). The molecule has 0 unspecified atom stereocenters. The van der Waals surface area contributed by atoms with Crippen molar-refractivity contribution in [3.05, 3.63) is 24.3 Å². The summed E-state index contributed by atoms with van der Waals surface area (Å²) in [4.78, 5) is 0. The van der Waals surface area contributed by atoms with E-state index in [-0.39, 0.29) is 0 Å². The predicted octanol–water partition coefficient (Wildman–Crippen LogP) is 2.85. The van der Waals surface area contributed by atoms with Crippen LogP contribution in [0.2, 0.25) is 0 Å². The van der Waals surface area contributed by atoms with E-state index >= 15 is 0 Å². The van der Waals surface area contributed by atoms with Crippen LogP contribution in [-0.4, -0.2) is 26.3 Å². The van der Waals surface area contributed by atoms with Crippen LogP contribution in [0.25, 0.3) is 0 Å². The van der Waals surface area contributed by atoms with Gasteiger partial charge < -0.3 is 14.8 Å². The Hall–Kier alpha value is -1.22. The molecule has 0 heterocycles. The largest absolute Gasteiger partial charge is 0.494 e. The summed E-state index contributed by atoms with van der Waals surface area (Å²) in [6, 6.07) is 7.82. The number of benzene rings is 1. The number of nitrogens with one attached hydrogen (secondary N) is 1. The topological polar surface area (TPSA) is 30.5 Å². The summed E-state index contributed by atoms with van der Waals surface area (Å²) in [6.45, 7) is 7.59. The maximum Gasteiger partial charge on any atom is 0.119 e. The molecule has 0 radical (unpaired) electrons. The minimum atomic E-state index is 0.698. The summed E-state index contributed by atoms with van der Waals surface area (Å²) in [5.74, 6) is 1.81. The van der Waals surface area contributed by atoms with Crippen molar-refractivity contribution in [2.75, 3.05) is 26.3 Å². The van der Waals surface area contributed by atoms with Gasteiger partial charge in [0, 0.05) is 6.54 Å². The molecule has 0 aliphatic carbocycles. The van der Waals surface area contributed by atoms with E-state index in [4.69, 9.17) is 9.47 Å². The lowest BCUT2D eigenvalue weighted by molar-refractivity contribution is 0.303. The molecule has 1 N–H and O–H groups in total. The van der Waals surface area contributed by atoms with Gasteiger partial charge in [0.2, 0.25) is 0 Å². The normalized spacial score (nSPS) is 10.2. The lowest BCUT2D eigenvalue weighted by Gasteiger charge is -2.08. The van der Waals surface area contributed by atoms with Gasteiger partial charge in [-0.1, -0.05) is 20.3 Å². The second kappa shape index (κ2) is 8.88. The first-order chi connectivity index (χ1) is 8.36. The number of ether oxygens (including phenoxy) is 2. The molecule has 0 aliphatic rings. The molecule has 0 atom stereocenters. The highest BCUT2D eigenvalue weighted by Gasteiger charge is 1.96. The van der Waals surface area contributed by atoms with Crippen LogP contribution in [0.15, 0.2) is 24.3 Å². The molecule has 3 heteroatoms. The molecule has 1 aromatic rings. The maximum atomic E-state index is 5.58. The first-order valence-corrected chi connectivity index (χ1v) is 6.43. The Labute approximate surface area is 104 Å². The smallest absolute Gasteiger partial charge is 0.119 e. The second-order valence-corrected chi connectivity index (χ2v) is 3.88. The number of hydrogen-bond acceptors (Lipinski definition) is 3. The Morgan fingerprint density at radius 1 is 0.941 bits per heavy atom.